The van der Waals surface area contributed by atoms with Gasteiger partial charge in [-0.2, -0.15) is 0 Å². The molecule has 6 nitrogen and oxygen atoms in total. The van der Waals surface area contributed by atoms with Gasteiger partial charge in [0.1, 0.15) is 12.4 Å². The Kier molecular flexibility index (Phi) is 8.47. The Hall–Kier alpha value is -3.00. The lowest BCUT2D eigenvalue weighted by Crippen LogP contribution is -2.15. The van der Waals surface area contributed by atoms with Crippen molar-refractivity contribution in [1.82, 2.24) is 14.8 Å². The predicted octanol–water partition coefficient (Wildman–Crippen LogP) is 7.49. The van der Waals surface area contributed by atoms with Crippen LogP contribution in [0.25, 0.3) is 5.69 Å². The lowest BCUT2D eigenvalue weighted by Gasteiger charge is -2.19. The number of benzene rings is 3. The highest BCUT2D eigenvalue weighted by atomic mass is 35.5. The summed E-state index contributed by atoms with van der Waals surface area (Å²) in [6, 6.07) is 21.2. The first kappa shape index (κ1) is 27.0. The van der Waals surface area contributed by atoms with Crippen LogP contribution in [0.2, 0.25) is 10.0 Å². The molecule has 4 rings (SSSR count). The number of nitrogens with one attached hydrogen (secondary N) is 1. The average Bonchev–Trinajstić information content (AvgIpc) is 3.26. The number of hydrogen-bond donors (Lipinski definition) is 1. The molecular formula is C28H28Cl2N4O2S. The molecule has 0 spiro atoms. The van der Waals surface area contributed by atoms with E-state index in [0.717, 1.165) is 17.0 Å². The SMILES string of the molecule is Cc1cccc(-n2c(COc3ccc(C(C)(C)C)cc3)nnc2SCC(=O)Nc2c(Cl)cccc2Cl)c1. The molecule has 9 heteroatoms. The van der Waals surface area contributed by atoms with E-state index < -0.39 is 0 Å². The topological polar surface area (TPSA) is 69.0 Å². The van der Waals surface area contributed by atoms with Gasteiger partial charge in [-0.15, -0.1) is 10.2 Å². The van der Waals surface area contributed by atoms with Gasteiger partial charge in [-0.3, -0.25) is 9.36 Å². The molecule has 192 valence electrons. The van der Waals surface area contributed by atoms with Crippen LogP contribution < -0.4 is 10.1 Å². The van der Waals surface area contributed by atoms with Crippen LogP contribution in [0.3, 0.4) is 0 Å². The van der Waals surface area contributed by atoms with Crippen molar-refractivity contribution >= 4 is 46.6 Å². The number of carbonyl (C=O) groups excluding carboxylic acids is 1. The van der Waals surface area contributed by atoms with Gasteiger partial charge >= 0.3 is 0 Å². The first-order valence-electron chi connectivity index (χ1n) is 11.7. The zero-order valence-electron chi connectivity index (χ0n) is 21.1. The lowest BCUT2D eigenvalue weighted by molar-refractivity contribution is -0.113. The number of halogens is 2. The Morgan fingerprint density at radius 2 is 1.68 bits per heavy atom. The maximum absolute atomic E-state index is 12.7. The van der Waals surface area contributed by atoms with E-state index in [9.17, 15) is 4.79 Å². The molecular weight excluding hydrogens is 527 g/mol. The van der Waals surface area contributed by atoms with Crippen molar-refractivity contribution in [2.24, 2.45) is 0 Å². The van der Waals surface area contributed by atoms with Gasteiger partial charge in [0.15, 0.2) is 11.0 Å². The molecule has 0 aliphatic rings. The number of ether oxygens (including phenoxy) is 1. The summed E-state index contributed by atoms with van der Waals surface area (Å²) in [5.74, 6) is 1.22. The summed E-state index contributed by atoms with van der Waals surface area (Å²) in [7, 11) is 0. The van der Waals surface area contributed by atoms with Crippen molar-refractivity contribution < 1.29 is 9.53 Å². The predicted molar refractivity (Wildman–Crippen MR) is 151 cm³/mol. The third-order valence-corrected chi connectivity index (χ3v) is 7.17. The van der Waals surface area contributed by atoms with E-state index in [1.165, 1.54) is 17.3 Å². The third-order valence-electron chi connectivity index (χ3n) is 5.61. The Bertz CT molecular complexity index is 1380. The number of para-hydroxylation sites is 1. The number of aryl methyl sites for hydroxylation is 1. The molecule has 3 aromatic carbocycles. The van der Waals surface area contributed by atoms with Crippen molar-refractivity contribution in [3.63, 3.8) is 0 Å². The molecule has 1 amide bonds. The van der Waals surface area contributed by atoms with Gasteiger partial charge in [0.05, 0.1) is 21.5 Å². The van der Waals surface area contributed by atoms with Gasteiger partial charge in [0.2, 0.25) is 5.91 Å². The molecule has 37 heavy (non-hydrogen) atoms. The van der Waals surface area contributed by atoms with Crippen LogP contribution in [0.15, 0.2) is 71.9 Å². The first-order chi connectivity index (χ1) is 17.6. The molecule has 1 aromatic heterocycles. The number of anilines is 1. The van der Waals surface area contributed by atoms with E-state index in [1.807, 2.05) is 47.9 Å². The number of rotatable bonds is 8. The Morgan fingerprint density at radius 3 is 2.32 bits per heavy atom. The summed E-state index contributed by atoms with van der Waals surface area (Å²) >= 11 is 13.6. The summed E-state index contributed by atoms with van der Waals surface area (Å²) in [5, 5.41) is 12.8. The average molecular weight is 556 g/mol. The van der Waals surface area contributed by atoms with Crippen LogP contribution in [0.5, 0.6) is 5.75 Å². The maximum Gasteiger partial charge on any atom is 0.234 e. The van der Waals surface area contributed by atoms with Crippen molar-refractivity contribution in [3.8, 4) is 11.4 Å². The molecule has 0 atom stereocenters. The fourth-order valence-corrected chi connectivity index (χ4v) is 4.90. The zero-order chi connectivity index (χ0) is 26.6. The maximum atomic E-state index is 12.7. The van der Waals surface area contributed by atoms with E-state index in [1.54, 1.807) is 18.2 Å². The molecule has 4 aromatic rings. The minimum Gasteiger partial charge on any atom is -0.486 e. The van der Waals surface area contributed by atoms with Crippen molar-refractivity contribution in [2.75, 3.05) is 11.1 Å². The largest absolute Gasteiger partial charge is 0.486 e. The monoisotopic (exact) mass is 554 g/mol. The van der Waals surface area contributed by atoms with Crippen LogP contribution in [-0.4, -0.2) is 26.4 Å². The van der Waals surface area contributed by atoms with Crippen LogP contribution in [0.1, 0.15) is 37.7 Å². The smallest absolute Gasteiger partial charge is 0.234 e. The molecule has 0 saturated heterocycles. The second kappa shape index (κ2) is 11.6. The zero-order valence-corrected chi connectivity index (χ0v) is 23.4. The molecule has 0 aliphatic carbocycles. The van der Waals surface area contributed by atoms with Crippen LogP contribution in [0.4, 0.5) is 5.69 Å². The lowest BCUT2D eigenvalue weighted by atomic mass is 9.87. The molecule has 0 radical (unpaired) electrons. The summed E-state index contributed by atoms with van der Waals surface area (Å²) in [4.78, 5) is 12.7. The van der Waals surface area contributed by atoms with Gasteiger partial charge < -0.3 is 10.1 Å². The summed E-state index contributed by atoms with van der Waals surface area (Å²) in [5.41, 5.74) is 3.68. The van der Waals surface area contributed by atoms with Gasteiger partial charge in [-0.25, -0.2) is 0 Å². The molecule has 1 N–H and O–H groups in total. The van der Waals surface area contributed by atoms with Gasteiger partial charge in [-0.05, 0) is 59.9 Å². The van der Waals surface area contributed by atoms with E-state index in [0.29, 0.717) is 26.7 Å². The fraction of sp³-hybridized carbons (Fsp3) is 0.250. The number of hydrogen-bond acceptors (Lipinski definition) is 5. The molecule has 1 heterocycles. The van der Waals surface area contributed by atoms with Gasteiger partial charge in [0.25, 0.3) is 0 Å². The number of nitrogens with zero attached hydrogens (tertiary/aromatic N) is 3. The molecule has 0 aliphatic heterocycles. The summed E-state index contributed by atoms with van der Waals surface area (Å²) in [6.07, 6.45) is 0. The second-order valence-corrected chi connectivity index (χ2v) is 11.3. The summed E-state index contributed by atoms with van der Waals surface area (Å²) in [6.45, 7) is 8.77. The van der Waals surface area contributed by atoms with Crippen molar-refractivity contribution in [1.29, 1.82) is 0 Å². The molecule has 0 saturated carbocycles. The molecule has 0 fully saturated rings. The van der Waals surface area contributed by atoms with Gasteiger partial charge in [-0.1, -0.05) is 86.1 Å². The molecule has 0 unspecified atom stereocenters. The number of carbonyl (C=O) groups is 1. The molecule has 0 bridgehead atoms. The minimum atomic E-state index is -0.254. The first-order valence-corrected chi connectivity index (χ1v) is 13.5. The van der Waals surface area contributed by atoms with Gasteiger partial charge in [0, 0.05) is 5.69 Å². The Morgan fingerprint density at radius 1 is 1.00 bits per heavy atom. The normalized spacial score (nSPS) is 11.4. The number of aromatic nitrogens is 3. The van der Waals surface area contributed by atoms with Crippen molar-refractivity contribution in [3.05, 3.63) is 93.7 Å². The Balaban J connectivity index is 1.52. The highest BCUT2D eigenvalue weighted by molar-refractivity contribution is 7.99. The van der Waals surface area contributed by atoms with Crippen molar-refractivity contribution in [2.45, 2.75) is 44.9 Å². The van der Waals surface area contributed by atoms with E-state index in [4.69, 9.17) is 27.9 Å². The van der Waals surface area contributed by atoms with Crippen LogP contribution in [-0.2, 0) is 16.8 Å². The van der Waals surface area contributed by atoms with Crippen LogP contribution >= 0.6 is 35.0 Å². The van der Waals surface area contributed by atoms with E-state index >= 15 is 0 Å². The number of thioether (sulfide) groups is 1. The van der Waals surface area contributed by atoms with E-state index in [2.05, 4.69) is 48.4 Å². The standard InChI is InChI=1S/C28H28Cl2N4O2S/c1-18-7-5-8-20(15-18)34-24(16-36-21-13-11-19(12-14-21)28(2,3)4)32-33-27(34)37-17-25(35)31-26-22(29)9-6-10-23(26)30/h5-15H,16-17H2,1-4H3,(H,31,35). The Labute approximate surface area is 231 Å². The minimum absolute atomic E-state index is 0.0689. The highest BCUT2D eigenvalue weighted by Crippen LogP contribution is 2.31. The fourth-order valence-electron chi connectivity index (χ4n) is 3.64. The third kappa shape index (κ3) is 6.86. The second-order valence-electron chi connectivity index (χ2n) is 9.57. The summed E-state index contributed by atoms with van der Waals surface area (Å²) < 4.78 is 7.97. The van der Waals surface area contributed by atoms with Crippen LogP contribution in [0, 0.1) is 6.92 Å². The number of amides is 1. The quantitative estimate of drug-likeness (QED) is 0.228. The van der Waals surface area contributed by atoms with E-state index in [-0.39, 0.29) is 23.7 Å². The highest BCUT2D eigenvalue weighted by Gasteiger charge is 2.18.